The first-order valence-electron chi connectivity index (χ1n) is 3.85. The molecule has 0 saturated carbocycles. The van der Waals surface area contributed by atoms with E-state index >= 15 is 0 Å². The Hall–Kier alpha value is -0.610. The van der Waals surface area contributed by atoms with Gasteiger partial charge in [-0.25, -0.2) is 0 Å². The molecule has 0 saturated heterocycles. The maximum Gasteiger partial charge on any atom is 0.302 e. The smallest absolute Gasteiger partial charge is 0.302 e. The lowest BCUT2D eigenvalue weighted by Crippen LogP contribution is -1.95. The van der Waals surface area contributed by atoms with Gasteiger partial charge >= 0.3 is 5.97 Å². The van der Waals surface area contributed by atoms with Crippen LogP contribution >= 0.6 is 0 Å². The van der Waals surface area contributed by atoms with Crippen molar-refractivity contribution < 1.29 is 14.6 Å². The highest BCUT2D eigenvalue weighted by atomic mass is 16.5. The number of hydrogen-bond donors (Lipinski definition) is 2. The summed E-state index contributed by atoms with van der Waals surface area (Å²) < 4.78 is 4.40. The number of ether oxygens (including phenoxy) is 1. The van der Waals surface area contributed by atoms with Crippen LogP contribution in [0.15, 0.2) is 0 Å². The van der Waals surface area contributed by atoms with E-state index in [2.05, 4.69) is 4.74 Å². The highest BCUT2D eigenvalue weighted by Gasteiger charge is 1.82. The molecular formula is C8H21NO3. The molecule has 0 heterocycles. The third-order valence-corrected chi connectivity index (χ3v) is 0.938. The van der Waals surface area contributed by atoms with Crippen molar-refractivity contribution in [3.8, 4) is 0 Å². The molecule has 1 unspecified atom stereocenters. The average Bonchev–Trinajstić information content (AvgIpc) is 1.89. The molecule has 4 heteroatoms. The summed E-state index contributed by atoms with van der Waals surface area (Å²) in [5.41, 5.74) is 0. The van der Waals surface area contributed by atoms with E-state index in [0.717, 1.165) is 6.42 Å². The van der Waals surface area contributed by atoms with Gasteiger partial charge in [-0.1, -0.05) is 6.92 Å². The second kappa shape index (κ2) is 13.0. The second-order valence-corrected chi connectivity index (χ2v) is 2.18. The fourth-order valence-corrected chi connectivity index (χ4v) is 0.203. The zero-order valence-corrected chi connectivity index (χ0v) is 8.46. The molecule has 0 aliphatic heterocycles. The van der Waals surface area contributed by atoms with Crippen molar-refractivity contribution in [2.45, 2.75) is 40.2 Å². The molecule has 0 amide bonds. The standard InChI is InChI=1S/C4H8O2.C4H10O.H3N/c1-3-6-4(2)5;1-3-4(2)5;/h3H2,1-2H3;4-5H,3H2,1-2H3;1H3. The van der Waals surface area contributed by atoms with Crippen LogP contribution in [0.5, 0.6) is 0 Å². The summed E-state index contributed by atoms with van der Waals surface area (Å²) >= 11 is 0. The first kappa shape index (κ1) is 17.5. The van der Waals surface area contributed by atoms with Crippen molar-refractivity contribution in [2.24, 2.45) is 0 Å². The van der Waals surface area contributed by atoms with Gasteiger partial charge in [-0.15, -0.1) is 0 Å². The molecule has 0 aromatic heterocycles. The Morgan fingerprint density at radius 2 is 1.83 bits per heavy atom. The molecule has 12 heavy (non-hydrogen) atoms. The predicted octanol–water partition coefficient (Wildman–Crippen LogP) is 1.51. The Balaban J connectivity index is -0.000000126. The molecule has 76 valence electrons. The molecule has 0 radical (unpaired) electrons. The fourth-order valence-electron chi connectivity index (χ4n) is 0.203. The van der Waals surface area contributed by atoms with E-state index < -0.39 is 0 Å². The monoisotopic (exact) mass is 179 g/mol. The quantitative estimate of drug-likeness (QED) is 0.629. The van der Waals surface area contributed by atoms with Gasteiger partial charge in [0, 0.05) is 6.92 Å². The predicted molar refractivity (Wildman–Crippen MR) is 49.3 cm³/mol. The lowest BCUT2D eigenvalue weighted by molar-refractivity contribution is -0.140. The SMILES string of the molecule is CCC(C)O.CCOC(C)=O.N. The number of carbonyl (C=O) groups excluding carboxylic acids is 1. The molecule has 0 aromatic carbocycles. The highest BCUT2D eigenvalue weighted by Crippen LogP contribution is 1.81. The minimum absolute atomic E-state index is 0. The van der Waals surface area contributed by atoms with Crippen LogP contribution in [0.4, 0.5) is 0 Å². The molecule has 0 spiro atoms. The van der Waals surface area contributed by atoms with Crippen LogP contribution in [-0.4, -0.2) is 23.8 Å². The van der Waals surface area contributed by atoms with Gasteiger partial charge < -0.3 is 16.0 Å². The molecule has 0 fully saturated rings. The molecule has 1 atom stereocenters. The van der Waals surface area contributed by atoms with E-state index in [9.17, 15) is 4.79 Å². The summed E-state index contributed by atoms with van der Waals surface area (Å²) in [6, 6.07) is 0. The van der Waals surface area contributed by atoms with Gasteiger partial charge in [0.05, 0.1) is 12.7 Å². The van der Waals surface area contributed by atoms with Crippen LogP contribution in [0.2, 0.25) is 0 Å². The maximum absolute atomic E-state index is 9.82. The number of hydrogen-bond acceptors (Lipinski definition) is 4. The lowest BCUT2D eigenvalue weighted by Gasteiger charge is -1.90. The fraction of sp³-hybridized carbons (Fsp3) is 0.875. The summed E-state index contributed by atoms with van der Waals surface area (Å²) in [5, 5.41) is 8.36. The molecular weight excluding hydrogens is 158 g/mol. The van der Waals surface area contributed by atoms with Crippen molar-refractivity contribution in [1.29, 1.82) is 0 Å². The van der Waals surface area contributed by atoms with Crippen LogP contribution in [0, 0.1) is 0 Å². The molecule has 4 N–H and O–H groups in total. The van der Waals surface area contributed by atoms with Gasteiger partial charge in [0.15, 0.2) is 0 Å². The topological polar surface area (TPSA) is 81.5 Å². The van der Waals surface area contributed by atoms with Crippen LogP contribution in [0.25, 0.3) is 0 Å². The summed E-state index contributed by atoms with van der Waals surface area (Å²) in [6.07, 6.45) is 0.745. The van der Waals surface area contributed by atoms with E-state index in [-0.39, 0.29) is 18.2 Å². The molecule has 0 bridgehead atoms. The van der Waals surface area contributed by atoms with Crippen LogP contribution < -0.4 is 6.15 Å². The minimum atomic E-state index is -0.211. The lowest BCUT2D eigenvalue weighted by atomic mass is 10.3. The third-order valence-electron chi connectivity index (χ3n) is 0.938. The Morgan fingerprint density at radius 1 is 1.50 bits per heavy atom. The van der Waals surface area contributed by atoms with Gasteiger partial charge in [-0.2, -0.15) is 0 Å². The Kier molecular flexibility index (Phi) is 18.9. The van der Waals surface area contributed by atoms with Crippen LogP contribution in [-0.2, 0) is 9.53 Å². The summed E-state index contributed by atoms with van der Waals surface area (Å²) in [5.74, 6) is -0.211. The Morgan fingerprint density at radius 3 is 1.83 bits per heavy atom. The first-order chi connectivity index (χ1) is 5.04. The van der Waals surface area contributed by atoms with E-state index in [4.69, 9.17) is 5.11 Å². The Labute approximate surface area is 74.5 Å². The van der Waals surface area contributed by atoms with Gasteiger partial charge in [0.25, 0.3) is 0 Å². The first-order valence-corrected chi connectivity index (χ1v) is 3.85. The van der Waals surface area contributed by atoms with Gasteiger partial charge in [-0.3, -0.25) is 4.79 Å². The van der Waals surface area contributed by atoms with Crippen molar-refractivity contribution in [1.82, 2.24) is 6.15 Å². The second-order valence-electron chi connectivity index (χ2n) is 2.18. The maximum atomic E-state index is 9.82. The van der Waals surface area contributed by atoms with Crippen LogP contribution in [0.3, 0.4) is 0 Å². The molecule has 4 nitrogen and oxygen atoms in total. The number of carbonyl (C=O) groups is 1. The van der Waals surface area contributed by atoms with Gasteiger partial charge in [-0.05, 0) is 20.3 Å². The normalized spacial score (nSPS) is 10.1. The number of aliphatic hydroxyl groups is 1. The molecule has 0 aromatic rings. The van der Waals surface area contributed by atoms with E-state index in [0.29, 0.717) is 6.61 Å². The summed E-state index contributed by atoms with van der Waals surface area (Å²) in [7, 11) is 0. The highest BCUT2D eigenvalue weighted by molar-refractivity contribution is 5.65. The minimum Gasteiger partial charge on any atom is -0.466 e. The van der Waals surface area contributed by atoms with Crippen LogP contribution in [0.1, 0.15) is 34.1 Å². The summed E-state index contributed by atoms with van der Waals surface area (Å²) in [4.78, 5) is 9.82. The zero-order valence-electron chi connectivity index (χ0n) is 8.46. The Bertz CT molecular complexity index is 94.3. The molecule has 0 aliphatic carbocycles. The number of aliphatic hydroxyl groups excluding tert-OH is 1. The largest absolute Gasteiger partial charge is 0.466 e. The van der Waals surface area contributed by atoms with E-state index in [1.807, 2.05) is 6.92 Å². The number of esters is 1. The zero-order chi connectivity index (χ0) is 9.28. The molecule has 0 rings (SSSR count). The van der Waals surface area contributed by atoms with E-state index in [1.54, 1.807) is 13.8 Å². The number of rotatable bonds is 2. The van der Waals surface area contributed by atoms with Crippen molar-refractivity contribution in [3.05, 3.63) is 0 Å². The van der Waals surface area contributed by atoms with Crippen molar-refractivity contribution in [3.63, 3.8) is 0 Å². The average molecular weight is 179 g/mol. The van der Waals surface area contributed by atoms with Gasteiger partial charge in [0.2, 0.25) is 0 Å². The van der Waals surface area contributed by atoms with E-state index in [1.165, 1.54) is 6.92 Å². The van der Waals surface area contributed by atoms with Crippen molar-refractivity contribution >= 4 is 5.97 Å². The van der Waals surface area contributed by atoms with Crippen molar-refractivity contribution in [2.75, 3.05) is 6.61 Å². The third kappa shape index (κ3) is 34.3. The van der Waals surface area contributed by atoms with Gasteiger partial charge in [0.1, 0.15) is 0 Å². The molecule has 0 aliphatic rings. The summed E-state index contributed by atoms with van der Waals surface area (Å²) in [6.45, 7) is 7.38.